The maximum atomic E-state index is 12.5. The van der Waals surface area contributed by atoms with Gasteiger partial charge in [-0.15, -0.1) is 0 Å². The summed E-state index contributed by atoms with van der Waals surface area (Å²) < 4.78 is 5.47. The fourth-order valence-corrected chi connectivity index (χ4v) is 10.6. The quantitative estimate of drug-likeness (QED) is 0.0320. The van der Waals surface area contributed by atoms with E-state index in [0.717, 1.165) is 51.4 Å². The summed E-state index contributed by atoms with van der Waals surface area (Å²) in [5.74, 6) is -0.0696. The minimum absolute atomic E-state index is 0.00122. The van der Waals surface area contributed by atoms with Crippen molar-refractivity contribution < 1.29 is 24.5 Å². The second-order valence-corrected chi connectivity index (χ2v) is 23.5. The summed E-state index contributed by atoms with van der Waals surface area (Å²) in [7, 11) is 0. The Morgan fingerprint density at radius 1 is 0.355 bits per heavy atom. The summed E-state index contributed by atoms with van der Waals surface area (Å²) in [5.41, 5.74) is 0. The molecule has 0 fully saturated rings. The largest absolute Gasteiger partial charge is 0.466 e. The van der Waals surface area contributed by atoms with Crippen molar-refractivity contribution in [1.29, 1.82) is 0 Å². The molecule has 6 heteroatoms. The molecule has 2 unspecified atom stereocenters. The molecule has 0 aliphatic carbocycles. The highest BCUT2D eigenvalue weighted by Crippen LogP contribution is 2.18. The number of hydrogen-bond donors (Lipinski definition) is 3. The maximum absolute atomic E-state index is 12.5. The molecule has 0 spiro atoms. The number of allylic oxidation sites excluding steroid dienone is 5. The van der Waals surface area contributed by atoms with Gasteiger partial charge in [0.1, 0.15) is 0 Å². The first-order chi connectivity index (χ1) is 37.5. The summed E-state index contributed by atoms with van der Waals surface area (Å²) in [5, 5.41) is 23.3. The van der Waals surface area contributed by atoms with Crippen LogP contribution >= 0.6 is 0 Å². The van der Waals surface area contributed by atoms with Crippen LogP contribution in [0.1, 0.15) is 373 Å². The van der Waals surface area contributed by atoms with Crippen LogP contribution in [0.2, 0.25) is 0 Å². The summed E-state index contributed by atoms with van der Waals surface area (Å²) >= 11 is 0. The van der Waals surface area contributed by atoms with Crippen LogP contribution in [0.5, 0.6) is 0 Å². The molecule has 0 aliphatic heterocycles. The fourth-order valence-electron chi connectivity index (χ4n) is 10.6. The zero-order valence-corrected chi connectivity index (χ0v) is 51.3. The van der Waals surface area contributed by atoms with Crippen molar-refractivity contribution in [2.75, 3.05) is 13.2 Å². The normalized spacial score (nSPS) is 12.7. The number of rotatable bonds is 64. The molecular formula is C70H133NO5. The average Bonchev–Trinajstić information content (AvgIpc) is 3.42. The topological polar surface area (TPSA) is 95.9 Å². The Hall–Kier alpha value is -1.92. The number of amides is 1. The van der Waals surface area contributed by atoms with Crippen LogP contribution in [0.3, 0.4) is 0 Å². The van der Waals surface area contributed by atoms with E-state index in [-0.39, 0.29) is 18.5 Å². The van der Waals surface area contributed by atoms with E-state index in [1.807, 2.05) is 6.08 Å². The van der Waals surface area contributed by atoms with Gasteiger partial charge in [-0.25, -0.2) is 0 Å². The van der Waals surface area contributed by atoms with Gasteiger partial charge in [-0.05, 0) is 83.5 Å². The van der Waals surface area contributed by atoms with Gasteiger partial charge in [0.25, 0.3) is 0 Å². The number of esters is 1. The van der Waals surface area contributed by atoms with E-state index < -0.39 is 12.1 Å². The number of aliphatic hydroxyl groups excluding tert-OH is 2. The Morgan fingerprint density at radius 2 is 0.618 bits per heavy atom. The molecule has 0 aromatic heterocycles. The van der Waals surface area contributed by atoms with Crippen molar-refractivity contribution in [2.24, 2.45) is 0 Å². The van der Waals surface area contributed by atoms with Crippen molar-refractivity contribution >= 4 is 11.9 Å². The van der Waals surface area contributed by atoms with E-state index in [1.165, 1.54) is 295 Å². The van der Waals surface area contributed by atoms with E-state index in [2.05, 4.69) is 43.5 Å². The average molecular weight is 1070 g/mol. The van der Waals surface area contributed by atoms with Gasteiger partial charge >= 0.3 is 5.97 Å². The van der Waals surface area contributed by atoms with Crippen molar-refractivity contribution in [2.45, 2.75) is 386 Å². The molecule has 76 heavy (non-hydrogen) atoms. The van der Waals surface area contributed by atoms with Gasteiger partial charge in [-0.1, -0.05) is 314 Å². The lowest BCUT2D eigenvalue weighted by Gasteiger charge is -2.20. The summed E-state index contributed by atoms with van der Waals surface area (Å²) in [6.07, 6.45) is 83.5. The molecule has 0 saturated carbocycles. The molecule has 3 N–H and O–H groups in total. The Kier molecular flexibility index (Phi) is 63.9. The molecule has 0 aliphatic rings. The second kappa shape index (κ2) is 65.6. The van der Waals surface area contributed by atoms with E-state index >= 15 is 0 Å². The molecule has 0 radical (unpaired) electrons. The highest BCUT2D eigenvalue weighted by molar-refractivity contribution is 5.76. The Labute approximate surface area is 474 Å². The van der Waals surface area contributed by atoms with E-state index in [9.17, 15) is 19.8 Å². The number of aliphatic hydroxyl groups is 2. The lowest BCUT2D eigenvalue weighted by molar-refractivity contribution is -0.143. The highest BCUT2D eigenvalue weighted by atomic mass is 16.5. The van der Waals surface area contributed by atoms with Crippen molar-refractivity contribution in [3.05, 3.63) is 36.5 Å². The fraction of sp³-hybridized carbons (Fsp3) is 0.886. The Balaban J connectivity index is 3.45. The second-order valence-electron chi connectivity index (χ2n) is 23.5. The first-order valence-corrected chi connectivity index (χ1v) is 34.3. The minimum Gasteiger partial charge on any atom is -0.466 e. The Bertz CT molecular complexity index is 1230. The smallest absolute Gasteiger partial charge is 0.305 e. The maximum Gasteiger partial charge on any atom is 0.305 e. The number of unbranched alkanes of at least 4 members (excludes halogenated alkanes) is 49. The SMILES string of the molecule is CCCCC/C=C\CCCCCCCC(=O)OCCCCCCCCCCCCCC/C=C\CCCCCCCCCC(=O)NC(CO)C(O)/C=C/CCCCCCCCCCCCCCCCCCCCCCCC. The third-order valence-electron chi connectivity index (χ3n) is 15.9. The van der Waals surface area contributed by atoms with Gasteiger partial charge in [0.05, 0.1) is 25.4 Å². The zero-order chi connectivity index (χ0) is 55.0. The number of hydrogen-bond acceptors (Lipinski definition) is 5. The lowest BCUT2D eigenvalue weighted by Crippen LogP contribution is -2.45. The summed E-state index contributed by atoms with van der Waals surface area (Å²) in [6.45, 7) is 4.90. The van der Waals surface area contributed by atoms with E-state index in [4.69, 9.17) is 4.74 Å². The van der Waals surface area contributed by atoms with Crippen LogP contribution in [0.4, 0.5) is 0 Å². The number of carbonyl (C=O) groups is 2. The zero-order valence-electron chi connectivity index (χ0n) is 51.3. The number of carbonyl (C=O) groups excluding carboxylic acids is 2. The molecule has 0 heterocycles. The van der Waals surface area contributed by atoms with Crippen molar-refractivity contribution in [1.82, 2.24) is 5.32 Å². The predicted molar refractivity (Wildman–Crippen MR) is 333 cm³/mol. The van der Waals surface area contributed by atoms with Gasteiger partial charge < -0.3 is 20.3 Å². The van der Waals surface area contributed by atoms with Crippen LogP contribution in [-0.4, -0.2) is 47.4 Å². The van der Waals surface area contributed by atoms with E-state index in [0.29, 0.717) is 19.4 Å². The molecular weight excluding hydrogens is 935 g/mol. The van der Waals surface area contributed by atoms with Crippen LogP contribution in [0, 0.1) is 0 Å². The highest BCUT2D eigenvalue weighted by Gasteiger charge is 2.18. The molecule has 0 aromatic rings. The van der Waals surface area contributed by atoms with Crippen LogP contribution < -0.4 is 5.32 Å². The molecule has 1 amide bonds. The van der Waals surface area contributed by atoms with Crippen molar-refractivity contribution in [3.63, 3.8) is 0 Å². The third kappa shape index (κ3) is 61.3. The lowest BCUT2D eigenvalue weighted by atomic mass is 10.0. The number of ether oxygens (including phenoxy) is 1. The Morgan fingerprint density at radius 3 is 0.961 bits per heavy atom. The first kappa shape index (κ1) is 74.1. The number of nitrogens with one attached hydrogen (secondary N) is 1. The minimum atomic E-state index is -0.850. The van der Waals surface area contributed by atoms with Crippen LogP contribution in [0.25, 0.3) is 0 Å². The molecule has 2 atom stereocenters. The van der Waals surface area contributed by atoms with Gasteiger partial charge in [-0.2, -0.15) is 0 Å². The standard InChI is InChI=1S/C70H133NO5/c1-3-5-7-9-11-13-15-17-18-19-20-21-22-24-27-30-33-36-39-42-46-50-54-58-62-68(73)67(66-72)71-69(74)63-59-55-51-47-43-40-37-34-31-28-25-23-26-29-32-35-38-41-45-49-53-57-61-65-76-70(75)64-60-56-52-48-44-16-14-12-10-8-6-4-2/h12,14,28,31,58,62,67-68,72-73H,3-11,13,15-27,29-30,32-57,59-61,63-66H2,1-2H3,(H,71,74)/b14-12-,31-28-,62-58+. The van der Waals surface area contributed by atoms with Gasteiger partial charge in [0.2, 0.25) is 5.91 Å². The third-order valence-corrected chi connectivity index (χ3v) is 15.9. The molecule has 0 saturated heterocycles. The van der Waals surface area contributed by atoms with Crippen LogP contribution in [0.15, 0.2) is 36.5 Å². The van der Waals surface area contributed by atoms with Gasteiger partial charge in [0.15, 0.2) is 0 Å². The molecule has 448 valence electrons. The molecule has 0 rings (SSSR count). The first-order valence-electron chi connectivity index (χ1n) is 34.3. The van der Waals surface area contributed by atoms with Gasteiger partial charge in [0, 0.05) is 12.8 Å². The summed E-state index contributed by atoms with van der Waals surface area (Å²) in [4.78, 5) is 24.5. The summed E-state index contributed by atoms with van der Waals surface area (Å²) in [6, 6.07) is -0.634. The van der Waals surface area contributed by atoms with Crippen molar-refractivity contribution in [3.8, 4) is 0 Å². The predicted octanol–water partition coefficient (Wildman–Crippen LogP) is 21.9. The molecule has 6 nitrogen and oxygen atoms in total. The van der Waals surface area contributed by atoms with Crippen LogP contribution in [-0.2, 0) is 14.3 Å². The molecule has 0 aromatic carbocycles. The molecule has 0 bridgehead atoms. The van der Waals surface area contributed by atoms with E-state index in [1.54, 1.807) is 6.08 Å². The van der Waals surface area contributed by atoms with Gasteiger partial charge in [-0.3, -0.25) is 9.59 Å². The monoisotopic (exact) mass is 1070 g/mol.